The van der Waals surface area contributed by atoms with E-state index < -0.39 is 5.60 Å². The van der Waals surface area contributed by atoms with Gasteiger partial charge in [0.15, 0.2) is 0 Å². The fraction of sp³-hybridized carbons (Fsp3) is 0.481. The zero-order valence-corrected chi connectivity index (χ0v) is 22.0. The van der Waals surface area contributed by atoms with Gasteiger partial charge in [-0.15, -0.1) is 0 Å². The number of nitrogens with one attached hydrogen (secondary N) is 2. The van der Waals surface area contributed by atoms with Crippen LogP contribution in [0.25, 0.3) is 5.69 Å². The van der Waals surface area contributed by atoms with E-state index in [9.17, 15) is 4.79 Å². The van der Waals surface area contributed by atoms with Crippen LogP contribution in [0.4, 0.5) is 22.2 Å². The summed E-state index contributed by atoms with van der Waals surface area (Å²) in [4.78, 5) is 28.4. The van der Waals surface area contributed by atoms with Gasteiger partial charge >= 0.3 is 6.09 Å². The van der Waals surface area contributed by atoms with Gasteiger partial charge in [-0.25, -0.2) is 14.8 Å². The van der Waals surface area contributed by atoms with Gasteiger partial charge in [0, 0.05) is 55.4 Å². The van der Waals surface area contributed by atoms with Gasteiger partial charge in [0.1, 0.15) is 17.2 Å². The number of ether oxygens (including phenoxy) is 2. The molecule has 3 aromatic rings. The van der Waals surface area contributed by atoms with Crippen LogP contribution in [0.1, 0.15) is 50.7 Å². The Morgan fingerprint density at radius 1 is 1.22 bits per heavy atom. The Morgan fingerprint density at radius 3 is 2.70 bits per heavy atom. The van der Waals surface area contributed by atoms with Gasteiger partial charge in [-0.3, -0.25) is 0 Å². The van der Waals surface area contributed by atoms with Gasteiger partial charge in [0.25, 0.3) is 0 Å². The smallest absolute Gasteiger partial charge is 0.410 e. The SMILES string of the molecule is Cc1nccn1-c1ccc(Nc2nc3c(c(NC[C@H]4CCCO4)n2)CN(C(=O)OC(C)(C)C)CC3)cc1. The lowest BCUT2D eigenvalue weighted by molar-refractivity contribution is 0.0223. The third-order valence-corrected chi connectivity index (χ3v) is 6.46. The molecule has 10 heteroatoms. The number of aryl methyl sites for hydroxylation is 1. The number of hydrogen-bond acceptors (Lipinski definition) is 8. The van der Waals surface area contributed by atoms with E-state index in [1.54, 1.807) is 11.1 Å². The summed E-state index contributed by atoms with van der Waals surface area (Å²) in [5, 5.41) is 6.83. The van der Waals surface area contributed by atoms with E-state index in [0.717, 1.165) is 53.7 Å². The van der Waals surface area contributed by atoms with Crippen LogP contribution in [-0.2, 0) is 22.4 Å². The van der Waals surface area contributed by atoms with Gasteiger partial charge in [-0.1, -0.05) is 0 Å². The number of carbonyl (C=O) groups is 1. The number of aromatic nitrogens is 4. The standard InChI is InChI=1S/C27H35N7O3/c1-18-28-12-14-34(18)20-9-7-19(8-10-20)30-25-31-23-11-13-33(26(35)37-27(2,3)4)17-22(23)24(32-25)29-16-21-6-5-15-36-21/h7-10,12,14,21H,5-6,11,13,15-17H2,1-4H3,(H2,29,30,31,32)/t21-/m1/s1. The molecule has 0 aliphatic carbocycles. The highest BCUT2D eigenvalue weighted by Crippen LogP contribution is 2.28. The maximum Gasteiger partial charge on any atom is 0.410 e. The minimum Gasteiger partial charge on any atom is -0.444 e. The zero-order valence-electron chi connectivity index (χ0n) is 22.0. The lowest BCUT2D eigenvalue weighted by atomic mass is 10.1. The summed E-state index contributed by atoms with van der Waals surface area (Å²) in [6.07, 6.45) is 6.29. The second kappa shape index (κ2) is 10.4. The van der Waals surface area contributed by atoms with Crippen molar-refractivity contribution in [2.24, 2.45) is 0 Å². The van der Waals surface area contributed by atoms with Crippen molar-refractivity contribution in [1.82, 2.24) is 24.4 Å². The van der Waals surface area contributed by atoms with Gasteiger partial charge < -0.3 is 29.6 Å². The monoisotopic (exact) mass is 505 g/mol. The predicted molar refractivity (Wildman–Crippen MR) is 141 cm³/mol. The van der Waals surface area contributed by atoms with Crippen molar-refractivity contribution in [3.8, 4) is 5.69 Å². The Bertz CT molecular complexity index is 1240. The number of amides is 1. The van der Waals surface area contributed by atoms with Crippen LogP contribution < -0.4 is 10.6 Å². The Labute approximate surface area is 217 Å². The zero-order chi connectivity index (χ0) is 26.0. The number of hydrogen-bond donors (Lipinski definition) is 2. The maximum atomic E-state index is 12.7. The molecule has 1 aromatic carbocycles. The van der Waals surface area contributed by atoms with Crippen molar-refractivity contribution in [2.75, 3.05) is 30.3 Å². The molecule has 2 N–H and O–H groups in total. The first kappa shape index (κ1) is 25.0. The average Bonchev–Trinajstić information content (AvgIpc) is 3.53. The Morgan fingerprint density at radius 2 is 2.03 bits per heavy atom. The van der Waals surface area contributed by atoms with Crippen LogP contribution in [0.3, 0.4) is 0 Å². The molecule has 1 fully saturated rings. The van der Waals surface area contributed by atoms with Crippen molar-refractivity contribution in [2.45, 2.75) is 65.2 Å². The normalized spacial score (nSPS) is 17.4. The molecular formula is C27H35N7O3. The highest BCUT2D eigenvalue weighted by Gasteiger charge is 2.29. The number of carbonyl (C=O) groups excluding carboxylic acids is 1. The van der Waals surface area contributed by atoms with E-state index >= 15 is 0 Å². The maximum absolute atomic E-state index is 12.7. The molecule has 37 heavy (non-hydrogen) atoms. The molecule has 0 saturated carbocycles. The summed E-state index contributed by atoms with van der Waals surface area (Å²) >= 11 is 0. The fourth-order valence-electron chi connectivity index (χ4n) is 4.60. The Kier molecular flexibility index (Phi) is 7.01. The molecule has 10 nitrogen and oxygen atoms in total. The number of imidazole rings is 1. The lowest BCUT2D eigenvalue weighted by Crippen LogP contribution is -2.40. The van der Waals surface area contributed by atoms with Gasteiger partial charge in [0.05, 0.1) is 18.3 Å². The number of nitrogens with zero attached hydrogens (tertiary/aromatic N) is 5. The summed E-state index contributed by atoms with van der Waals surface area (Å²) in [7, 11) is 0. The first-order chi connectivity index (χ1) is 17.7. The van der Waals surface area contributed by atoms with Crippen LogP contribution >= 0.6 is 0 Å². The Balaban J connectivity index is 1.37. The van der Waals surface area contributed by atoms with E-state index in [-0.39, 0.29) is 12.2 Å². The van der Waals surface area contributed by atoms with Gasteiger partial charge in [0.2, 0.25) is 5.95 Å². The first-order valence-corrected chi connectivity index (χ1v) is 12.9. The lowest BCUT2D eigenvalue weighted by Gasteiger charge is -2.31. The molecule has 0 spiro atoms. The van der Waals surface area contributed by atoms with Crippen LogP contribution in [0.2, 0.25) is 0 Å². The average molecular weight is 506 g/mol. The molecule has 2 aliphatic rings. The summed E-state index contributed by atoms with van der Waals surface area (Å²) in [5.74, 6) is 2.17. The summed E-state index contributed by atoms with van der Waals surface area (Å²) in [6, 6.07) is 8.07. The highest BCUT2D eigenvalue weighted by molar-refractivity contribution is 5.69. The molecule has 2 aromatic heterocycles. The van der Waals surface area contributed by atoms with Crippen molar-refractivity contribution >= 4 is 23.5 Å². The molecule has 0 unspecified atom stereocenters. The van der Waals surface area contributed by atoms with E-state index in [0.29, 0.717) is 32.0 Å². The third-order valence-electron chi connectivity index (χ3n) is 6.46. The van der Waals surface area contributed by atoms with Crippen LogP contribution in [0, 0.1) is 6.92 Å². The topological polar surface area (TPSA) is 106 Å². The molecule has 4 heterocycles. The van der Waals surface area contributed by atoms with Crippen LogP contribution in [0.5, 0.6) is 0 Å². The minimum atomic E-state index is -0.547. The van der Waals surface area contributed by atoms with Gasteiger partial charge in [-0.2, -0.15) is 4.98 Å². The molecule has 2 aliphatic heterocycles. The minimum absolute atomic E-state index is 0.159. The Hall–Kier alpha value is -3.66. The van der Waals surface area contributed by atoms with Crippen molar-refractivity contribution in [3.63, 3.8) is 0 Å². The fourth-order valence-corrected chi connectivity index (χ4v) is 4.60. The molecule has 196 valence electrons. The van der Waals surface area contributed by atoms with E-state index in [1.165, 1.54) is 0 Å². The number of rotatable bonds is 6. The molecular weight excluding hydrogens is 470 g/mol. The summed E-state index contributed by atoms with van der Waals surface area (Å²) < 4.78 is 13.4. The second-order valence-electron chi connectivity index (χ2n) is 10.5. The molecule has 1 amide bonds. The number of benzene rings is 1. The highest BCUT2D eigenvalue weighted by atomic mass is 16.6. The van der Waals surface area contributed by atoms with E-state index in [1.807, 2.05) is 62.7 Å². The molecule has 0 bridgehead atoms. The van der Waals surface area contributed by atoms with E-state index in [4.69, 9.17) is 19.4 Å². The number of anilines is 3. The van der Waals surface area contributed by atoms with Crippen LogP contribution in [-0.4, -0.2) is 61.9 Å². The number of fused-ring (bicyclic) bond motifs is 1. The molecule has 1 saturated heterocycles. The molecule has 5 rings (SSSR count). The quantitative estimate of drug-likeness (QED) is 0.501. The van der Waals surface area contributed by atoms with E-state index in [2.05, 4.69) is 15.6 Å². The van der Waals surface area contributed by atoms with Crippen molar-refractivity contribution in [1.29, 1.82) is 0 Å². The van der Waals surface area contributed by atoms with Gasteiger partial charge in [-0.05, 0) is 64.8 Å². The summed E-state index contributed by atoms with van der Waals surface area (Å²) in [6.45, 7) is 10.0. The third kappa shape index (κ3) is 6.02. The van der Waals surface area contributed by atoms with Crippen molar-refractivity contribution in [3.05, 3.63) is 53.7 Å². The van der Waals surface area contributed by atoms with Crippen LogP contribution in [0.15, 0.2) is 36.7 Å². The predicted octanol–water partition coefficient (Wildman–Crippen LogP) is 4.60. The molecule has 1 atom stereocenters. The summed E-state index contributed by atoms with van der Waals surface area (Å²) in [5.41, 5.74) is 3.23. The largest absolute Gasteiger partial charge is 0.444 e. The second-order valence-corrected chi connectivity index (χ2v) is 10.5. The first-order valence-electron chi connectivity index (χ1n) is 12.9. The molecule has 0 radical (unpaired) electrons. The van der Waals surface area contributed by atoms with Crippen molar-refractivity contribution < 1.29 is 14.3 Å².